The monoisotopic (exact) mass is 1150 g/mol. The van der Waals surface area contributed by atoms with Gasteiger partial charge in [0.2, 0.25) is 0 Å². The van der Waals surface area contributed by atoms with E-state index < -0.39 is 10.8 Å². The van der Waals surface area contributed by atoms with E-state index in [2.05, 4.69) is 398 Å². The highest BCUT2D eigenvalue weighted by Crippen LogP contribution is 2.58. The number of nitrogens with zero attached hydrogens (tertiary/aromatic N) is 2. The van der Waals surface area contributed by atoms with E-state index in [1.54, 1.807) is 0 Å². The van der Waals surface area contributed by atoms with Crippen LogP contribution in [0, 0.1) is 0 Å². The molecule has 90 heavy (non-hydrogen) atoms. The SMILES string of the molecule is C(=C\c1ccc2c(c1)C(c1ccccc1)(c1ccccc1)c1cc(N(c3ccccc3)c3ccc(-c4ccccc4)cc3)ccc1-2)/c1cccc(C(c2ccccc2)(c2ccccc2)c2cccc(N(c3ccccc3)c3ccc(-c4ccccc4)cc3)c2)c1. The van der Waals surface area contributed by atoms with E-state index in [0.717, 1.165) is 50.8 Å². The molecule has 2 heteroatoms. The van der Waals surface area contributed by atoms with Crippen LogP contribution in [0.2, 0.25) is 0 Å². The number of para-hydroxylation sites is 2. The van der Waals surface area contributed by atoms with Crippen molar-refractivity contribution in [2.75, 3.05) is 9.80 Å². The third-order valence-corrected chi connectivity index (χ3v) is 18.0. The van der Waals surface area contributed by atoms with Crippen LogP contribution in [-0.4, -0.2) is 0 Å². The van der Waals surface area contributed by atoms with Crippen molar-refractivity contribution in [3.05, 3.63) is 432 Å². The molecule has 1 aliphatic carbocycles. The first-order valence-corrected chi connectivity index (χ1v) is 31.0. The van der Waals surface area contributed by atoms with Crippen LogP contribution < -0.4 is 9.80 Å². The first-order valence-electron chi connectivity index (χ1n) is 31.0. The lowest BCUT2D eigenvalue weighted by Gasteiger charge is -2.38. The van der Waals surface area contributed by atoms with E-state index in [9.17, 15) is 0 Å². The molecule has 0 saturated carbocycles. The van der Waals surface area contributed by atoms with E-state index >= 15 is 0 Å². The number of rotatable bonds is 16. The standard InChI is InChI=1S/C88H64N2/c1-9-28-67(29-10-1)69-50-54-79(55-51-69)89(77-42-21-7-22-43-77)81-46-26-41-76(63-81)87(71-32-13-3-14-33-71,72-34-15-4-16-35-72)75-40-25-27-65(61-75)47-48-66-49-59-83-84-60-58-82(64-86(84)88(85(83)62-66,73-36-17-5-18-37-73)74-38-19-6-20-39-74)90(78-44-23-8-24-45-78)80-56-52-70(53-57-80)68-30-11-2-12-31-68/h1-64H/b48-47+. The molecule has 0 fully saturated rings. The number of anilines is 6. The molecule has 0 spiro atoms. The van der Waals surface area contributed by atoms with Crippen molar-refractivity contribution in [1.82, 2.24) is 0 Å². The van der Waals surface area contributed by atoms with E-state index in [-0.39, 0.29) is 0 Å². The Labute approximate surface area is 528 Å². The Kier molecular flexibility index (Phi) is 14.9. The largest absolute Gasteiger partial charge is 0.310 e. The van der Waals surface area contributed by atoms with Crippen molar-refractivity contribution in [2.45, 2.75) is 10.8 Å². The summed E-state index contributed by atoms with van der Waals surface area (Å²) in [5, 5.41) is 0. The quantitative estimate of drug-likeness (QED) is 0.0703. The summed E-state index contributed by atoms with van der Waals surface area (Å²) < 4.78 is 0. The second-order valence-corrected chi connectivity index (χ2v) is 23.2. The van der Waals surface area contributed by atoms with Gasteiger partial charge in [-0.2, -0.15) is 0 Å². The van der Waals surface area contributed by atoms with Gasteiger partial charge in [-0.05, 0) is 168 Å². The molecule has 0 aromatic heterocycles. The molecule has 0 atom stereocenters. The molecule has 0 aliphatic heterocycles. The number of hydrogen-bond acceptors (Lipinski definition) is 2. The Balaban J connectivity index is 0.849. The van der Waals surface area contributed by atoms with Gasteiger partial charge >= 0.3 is 0 Å². The lowest BCUT2D eigenvalue weighted by Crippen LogP contribution is -2.31. The van der Waals surface area contributed by atoms with Gasteiger partial charge in [0.1, 0.15) is 0 Å². The van der Waals surface area contributed by atoms with Gasteiger partial charge in [-0.3, -0.25) is 0 Å². The fourth-order valence-electron chi connectivity index (χ4n) is 14.0. The average molecular weight is 1150 g/mol. The Morgan fingerprint density at radius 3 is 1.02 bits per heavy atom. The maximum atomic E-state index is 2.46. The zero-order valence-corrected chi connectivity index (χ0v) is 49.8. The Morgan fingerprint density at radius 2 is 0.544 bits per heavy atom. The van der Waals surface area contributed by atoms with Crippen LogP contribution in [0.3, 0.4) is 0 Å². The zero-order valence-electron chi connectivity index (χ0n) is 49.8. The topological polar surface area (TPSA) is 6.48 Å². The van der Waals surface area contributed by atoms with Crippen molar-refractivity contribution < 1.29 is 0 Å². The van der Waals surface area contributed by atoms with Gasteiger partial charge < -0.3 is 9.80 Å². The van der Waals surface area contributed by atoms with Crippen molar-refractivity contribution in [3.63, 3.8) is 0 Å². The molecule has 0 heterocycles. The van der Waals surface area contributed by atoms with Crippen molar-refractivity contribution in [2.24, 2.45) is 0 Å². The van der Waals surface area contributed by atoms with Crippen molar-refractivity contribution in [3.8, 4) is 33.4 Å². The zero-order chi connectivity index (χ0) is 60.1. The summed E-state index contributed by atoms with van der Waals surface area (Å²) in [5.41, 5.74) is 24.2. The molecular weight excluding hydrogens is 1080 g/mol. The Hall–Kier alpha value is -11.6. The number of benzene rings is 14. The summed E-state index contributed by atoms with van der Waals surface area (Å²) in [6, 6.07) is 138. The first kappa shape index (κ1) is 55.0. The number of hydrogen-bond donors (Lipinski definition) is 0. The fourth-order valence-corrected chi connectivity index (χ4v) is 14.0. The van der Waals surface area contributed by atoms with E-state index in [4.69, 9.17) is 0 Å². The average Bonchev–Trinajstić information content (AvgIpc) is 1.53. The highest BCUT2D eigenvalue weighted by Gasteiger charge is 2.47. The van der Waals surface area contributed by atoms with Crippen LogP contribution in [0.25, 0.3) is 45.5 Å². The predicted octanol–water partition coefficient (Wildman–Crippen LogP) is 22.9. The maximum Gasteiger partial charge on any atom is 0.0714 e. The molecule has 14 aromatic carbocycles. The van der Waals surface area contributed by atoms with Crippen LogP contribution in [0.5, 0.6) is 0 Å². The smallest absolute Gasteiger partial charge is 0.0714 e. The van der Waals surface area contributed by atoms with E-state index in [0.29, 0.717) is 0 Å². The summed E-state index contributed by atoms with van der Waals surface area (Å²) >= 11 is 0. The van der Waals surface area contributed by atoms with Crippen LogP contribution in [-0.2, 0) is 10.8 Å². The van der Waals surface area contributed by atoms with Crippen molar-refractivity contribution in [1.29, 1.82) is 0 Å². The fraction of sp³-hybridized carbons (Fsp3) is 0.0227. The summed E-state index contributed by atoms with van der Waals surface area (Å²) in [4.78, 5) is 4.77. The minimum Gasteiger partial charge on any atom is -0.310 e. The third-order valence-electron chi connectivity index (χ3n) is 18.0. The molecule has 0 N–H and O–H groups in total. The summed E-state index contributed by atoms with van der Waals surface area (Å²) in [7, 11) is 0. The molecule has 0 radical (unpaired) electrons. The molecule has 426 valence electrons. The van der Waals surface area contributed by atoms with Gasteiger partial charge in [-0.25, -0.2) is 0 Å². The van der Waals surface area contributed by atoms with E-state index in [1.807, 2.05) is 0 Å². The molecule has 0 unspecified atom stereocenters. The molecule has 15 rings (SSSR count). The molecule has 0 bridgehead atoms. The lowest BCUT2D eigenvalue weighted by molar-refractivity contribution is 0.745. The van der Waals surface area contributed by atoms with Crippen LogP contribution in [0.15, 0.2) is 376 Å². The van der Waals surface area contributed by atoms with Crippen LogP contribution in [0.4, 0.5) is 34.1 Å². The summed E-state index contributed by atoms with van der Waals surface area (Å²) in [6.45, 7) is 0. The van der Waals surface area contributed by atoms with Gasteiger partial charge in [0.15, 0.2) is 0 Å². The molecule has 2 nitrogen and oxygen atoms in total. The van der Waals surface area contributed by atoms with Gasteiger partial charge in [0.25, 0.3) is 0 Å². The second-order valence-electron chi connectivity index (χ2n) is 23.2. The first-order chi connectivity index (χ1) is 44.6. The van der Waals surface area contributed by atoms with Gasteiger partial charge in [-0.15, -0.1) is 0 Å². The van der Waals surface area contributed by atoms with Crippen molar-refractivity contribution >= 4 is 46.3 Å². The minimum absolute atomic E-state index is 0.645. The van der Waals surface area contributed by atoms with Gasteiger partial charge in [-0.1, -0.05) is 309 Å². The van der Waals surface area contributed by atoms with E-state index in [1.165, 1.54) is 72.3 Å². The third kappa shape index (κ3) is 10.1. The highest BCUT2D eigenvalue weighted by atomic mass is 15.1. The van der Waals surface area contributed by atoms with Gasteiger partial charge in [0.05, 0.1) is 10.8 Å². The lowest BCUT2D eigenvalue weighted by atomic mass is 9.65. The van der Waals surface area contributed by atoms with Crippen LogP contribution >= 0.6 is 0 Å². The summed E-state index contributed by atoms with van der Waals surface area (Å²) in [5.74, 6) is 0. The molecule has 0 amide bonds. The number of fused-ring (bicyclic) bond motifs is 3. The summed E-state index contributed by atoms with van der Waals surface area (Å²) in [6.07, 6.45) is 4.60. The highest BCUT2D eigenvalue weighted by molar-refractivity contribution is 5.91. The van der Waals surface area contributed by atoms with Gasteiger partial charge in [0, 0.05) is 34.1 Å². The molecule has 14 aromatic rings. The minimum atomic E-state index is -0.715. The molecule has 1 aliphatic rings. The molecule has 0 saturated heterocycles. The Morgan fingerprint density at radius 1 is 0.222 bits per heavy atom. The normalized spacial score (nSPS) is 12.3. The predicted molar refractivity (Wildman–Crippen MR) is 378 cm³/mol. The Bertz CT molecular complexity index is 4680. The molecular formula is C88H64N2. The second kappa shape index (κ2) is 24.3. The van der Waals surface area contributed by atoms with Crippen LogP contribution in [0.1, 0.15) is 55.6 Å². The maximum absolute atomic E-state index is 2.46.